The lowest BCUT2D eigenvalue weighted by Gasteiger charge is -2.36. The Morgan fingerprint density at radius 2 is 1.87 bits per heavy atom. The van der Waals surface area contributed by atoms with Gasteiger partial charge in [0.1, 0.15) is 0 Å². The molecule has 3 rings (SSSR count). The minimum atomic E-state index is -1.29. The van der Waals surface area contributed by atoms with E-state index in [1.165, 1.54) is 25.4 Å². The molecule has 0 radical (unpaired) electrons. The van der Waals surface area contributed by atoms with Crippen LogP contribution < -0.4 is 0 Å². The minimum Gasteiger partial charge on any atom is -0.468 e. The molecule has 0 N–H and O–H groups in total. The summed E-state index contributed by atoms with van der Waals surface area (Å²) in [7, 11) is 2.62. The second kappa shape index (κ2) is 5.69. The van der Waals surface area contributed by atoms with Crippen LogP contribution >= 0.6 is 0 Å². The first-order valence-electron chi connectivity index (χ1n) is 7.67. The number of hydrogen-bond acceptors (Lipinski definition) is 4. The summed E-state index contributed by atoms with van der Waals surface area (Å²) in [6.45, 7) is 3.91. The number of esters is 2. The van der Waals surface area contributed by atoms with E-state index in [1.54, 1.807) is 0 Å². The van der Waals surface area contributed by atoms with Crippen LogP contribution in [0.5, 0.6) is 0 Å². The zero-order valence-corrected chi connectivity index (χ0v) is 13.4. The number of rotatable bonds is 3. The average Bonchev–Trinajstić information content (AvgIpc) is 2.97. The smallest absolute Gasteiger partial charge is 0.323 e. The van der Waals surface area contributed by atoms with Crippen molar-refractivity contribution < 1.29 is 19.1 Å². The third-order valence-corrected chi connectivity index (χ3v) is 5.04. The summed E-state index contributed by atoms with van der Waals surface area (Å²) in [5.41, 5.74) is 3.37. The van der Waals surface area contributed by atoms with Crippen molar-refractivity contribution in [1.29, 1.82) is 0 Å². The van der Waals surface area contributed by atoms with Crippen LogP contribution in [-0.4, -0.2) is 26.2 Å². The van der Waals surface area contributed by atoms with Crippen LogP contribution in [0.15, 0.2) is 42.5 Å². The topological polar surface area (TPSA) is 52.6 Å². The maximum atomic E-state index is 12.5. The summed E-state index contributed by atoms with van der Waals surface area (Å²) >= 11 is 0. The van der Waals surface area contributed by atoms with E-state index in [2.05, 4.69) is 12.6 Å². The fourth-order valence-electron chi connectivity index (χ4n) is 3.90. The van der Waals surface area contributed by atoms with Crippen LogP contribution in [0.3, 0.4) is 0 Å². The van der Waals surface area contributed by atoms with E-state index < -0.39 is 17.4 Å². The molecule has 0 bridgehead atoms. The van der Waals surface area contributed by atoms with Gasteiger partial charge < -0.3 is 9.47 Å². The van der Waals surface area contributed by atoms with Crippen LogP contribution in [0.1, 0.15) is 24.0 Å². The number of allylic oxidation sites excluding steroid dienone is 3. The van der Waals surface area contributed by atoms with Gasteiger partial charge in [-0.25, -0.2) is 0 Å². The molecule has 0 aromatic heterocycles. The maximum absolute atomic E-state index is 12.5. The molecule has 1 aromatic rings. The van der Waals surface area contributed by atoms with Gasteiger partial charge in [0, 0.05) is 5.92 Å². The lowest BCUT2D eigenvalue weighted by molar-refractivity contribution is -0.170. The first-order valence-corrected chi connectivity index (χ1v) is 7.67. The number of fused-ring (bicyclic) bond motifs is 2. The van der Waals surface area contributed by atoms with Gasteiger partial charge in [-0.1, -0.05) is 35.9 Å². The van der Waals surface area contributed by atoms with E-state index >= 15 is 0 Å². The predicted octanol–water partition coefficient (Wildman–Crippen LogP) is 2.92. The lowest BCUT2D eigenvalue weighted by atomic mass is 9.67. The average molecular weight is 312 g/mol. The second-order valence-electron chi connectivity index (χ2n) is 6.13. The summed E-state index contributed by atoms with van der Waals surface area (Å²) in [4.78, 5) is 24.9. The molecule has 0 saturated heterocycles. The second-order valence-corrected chi connectivity index (χ2v) is 6.13. The zero-order valence-electron chi connectivity index (χ0n) is 13.4. The lowest BCUT2D eigenvalue weighted by Crippen LogP contribution is -2.45. The van der Waals surface area contributed by atoms with Crippen molar-refractivity contribution in [3.05, 3.63) is 53.6 Å². The third kappa shape index (κ3) is 2.21. The Kier molecular flexibility index (Phi) is 3.84. The van der Waals surface area contributed by atoms with Crippen molar-refractivity contribution in [3.63, 3.8) is 0 Å². The number of benzene rings is 1. The maximum Gasteiger partial charge on any atom is 0.323 e. The highest BCUT2D eigenvalue weighted by molar-refractivity contribution is 6.03. The molecular weight excluding hydrogens is 292 g/mol. The first kappa shape index (κ1) is 15.5. The Morgan fingerprint density at radius 3 is 2.48 bits per heavy atom. The summed E-state index contributed by atoms with van der Waals surface area (Å²) in [6, 6.07) is 8.12. The molecule has 0 spiro atoms. The number of ether oxygens (including phenoxy) is 2. The summed E-state index contributed by atoms with van der Waals surface area (Å²) < 4.78 is 9.90. The Hall–Kier alpha value is -2.36. The molecule has 0 fully saturated rings. The van der Waals surface area contributed by atoms with E-state index in [9.17, 15) is 9.59 Å². The van der Waals surface area contributed by atoms with Gasteiger partial charge in [0.15, 0.2) is 5.41 Å². The highest BCUT2D eigenvalue weighted by Gasteiger charge is 2.54. The molecule has 0 heterocycles. The minimum absolute atomic E-state index is 0.0376. The van der Waals surface area contributed by atoms with Crippen molar-refractivity contribution in [1.82, 2.24) is 0 Å². The molecule has 0 saturated carbocycles. The monoisotopic (exact) mass is 312 g/mol. The van der Waals surface area contributed by atoms with Gasteiger partial charge in [-0.2, -0.15) is 0 Å². The molecule has 1 unspecified atom stereocenters. The largest absolute Gasteiger partial charge is 0.468 e. The molecule has 23 heavy (non-hydrogen) atoms. The number of methoxy groups -OCH3 is 2. The van der Waals surface area contributed by atoms with Crippen molar-refractivity contribution >= 4 is 17.5 Å². The molecule has 0 aliphatic heterocycles. The Bertz CT molecular complexity index is 698. The highest BCUT2D eigenvalue weighted by atomic mass is 16.5. The third-order valence-electron chi connectivity index (χ3n) is 5.04. The van der Waals surface area contributed by atoms with Crippen LogP contribution in [0.2, 0.25) is 0 Å². The van der Waals surface area contributed by atoms with Crippen LogP contribution in [0, 0.1) is 11.3 Å². The Labute approximate surface area is 135 Å². The molecule has 0 amide bonds. The van der Waals surface area contributed by atoms with Gasteiger partial charge >= 0.3 is 11.9 Å². The Balaban J connectivity index is 2.13. The first-order chi connectivity index (χ1) is 11.1. The molecule has 4 heteroatoms. The SMILES string of the molecule is C=CC1CC(C(=O)OC)(C(=O)OC)CC2=C1Cc1ccccc12. The quantitative estimate of drug-likeness (QED) is 0.489. The van der Waals surface area contributed by atoms with Crippen molar-refractivity contribution in [2.75, 3.05) is 14.2 Å². The zero-order chi connectivity index (χ0) is 16.6. The molecular formula is C19H20O4. The molecule has 4 nitrogen and oxygen atoms in total. The van der Waals surface area contributed by atoms with Crippen LogP contribution in [-0.2, 0) is 25.5 Å². The summed E-state index contributed by atoms with van der Waals surface area (Å²) in [6.07, 6.45) is 3.34. The fraction of sp³-hybridized carbons (Fsp3) is 0.368. The number of carbonyl (C=O) groups is 2. The predicted molar refractivity (Wildman–Crippen MR) is 86.5 cm³/mol. The Morgan fingerprint density at radius 1 is 1.22 bits per heavy atom. The van der Waals surface area contributed by atoms with Gasteiger partial charge in [-0.3, -0.25) is 9.59 Å². The van der Waals surface area contributed by atoms with Crippen molar-refractivity contribution in [2.45, 2.75) is 19.3 Å². The van der Waals surface area contributed by atoms with E-state index in [4.69, 9.17) is 9.47 Å². The standard InChI is InChI=1S/C19H20O4/c1-4-12-10-19(17(20)22-2,18(21)23-3)11-16-14-8-6-5-7-13(14)9-15(12)16/h4-8,12H,1,9-11H2,2-3H3. The van der Waals surface area contributed by atoms with Gasteiger partial charge in [0.25, 0.3) is 0 Å². The van der Waals surface area contributed by atoms with E-state index in [0.29, 0.717) is 12.8 Å². The number of carbonyl (C=O) groups excluding carboxylic acids is 2. The van der Waals surface area contributed by atoms with Gasteiger partial charge in [-0.15, -0.1) is 6.58 Å². The highest BCUT2D eigenvalue weighted by Crippen LogP contribution is 2.52. The molecule has 2 aliphatic carbocycles. The van der Waals surface area contributed by atoms with Crippen molar-refractivity contribution in [2.24, 2.45) is 11.3 Å². The number of hydrogen-bond donors (Lipinski definition) is 0. The fourth-order valence-corrected chi connectivity index (χ4v) is 3.90. The summed E-state index contributed by atoms with van der Waals surface area (Å²) in [5, 5.41) is 0. The summed E-state index contributed by atoms with van der Waals surface area (Å²) in [5.74, 6) is -1.11. The van der Waals surface area contributed by atoms with E-state index in [1.807, 2.05) is 24.3 Å². The van der Waals surface area contributed by atoms with Gasteiger partial charge in [0.05, 0.1) is 14.2 Å². The van der Waals surface area contributed by atoms with Gasteiger partial charge in [-0.05, 0) is 36.0 Å². The van der Waals surface area contributed by atoms with E-state index in [-0.39, 0.29) is 5.92 Å². The van der Waals surface area contributed by atoms with Crippen LogP contribution in [0.4, 0.5) is 0 Å². The molecule has 1 atom stereocenters. The molecule has 1 aromatic carbocycles. The van der Waals surface area contributed by atoms with E-state index in [0.717, 1.165) is 17.6 Å². The van der Waals surface area contributed by atoms with Crippen molar-refractivity contribution in [3.8, 4) is 0 Å². The van der Waals surface area contributed by atoms with Gasteiger partial charge in [0.2, 0.25) is 0 Å². The molecule has 120 valence electrons. The van der Waals surface area contributed by atoms with Crippen LogP contribution in [0.25, 0.3) is 5.57 Å². The normalized spacial score (nSPS) is 21.2. The molecule has 2 aliphatic rings.